The number of ketones is 1. The van der Waals surface area contributed by atoms with Crippen molar-refractivity contribution in [3.63, 3.8) is 0 Å². The summed E-state index contributed by atoms with van der Waals surface area (Å²) >= 11 is 0. The lowest BCUT2D eigenvalue weighted by molar-refractivity contribution is -0.349. The van der Waals surface area contributed by atoms with Crippen LogP contribution >= 0.6 is 0 Å². The summed E-state index contributed by atoms with van der Waals surface area (Å²) in [5.74, 6) is -4.26. The molecule has 1 heterocycles. The van der Waals surface area contributed by atoms with Crippen molar-refractivity contribution in [1.82, 2.24) is 10.2 Å². The first kappa shape index (κ1) is 47.1. The molecule has 15 heteroatoms. The summed E-state index contributed by atoms with van der Waals surface area (Å²) in [6, 6.07) is 23.5. The average Bonchev–Trinajstić information content (AvgIpc) is 3.28. The van der Waals surface area contributed by atoms with Crippen LogP contribution in [0.5, 0.6) is 0 Å². The molecule has 0 spiro atoms. The van der Waals surface area contributed by atoms with E-state index in [1.165, 1.54) is 21.2 Å². The van der Waals surface area contributed by atoms with Gasteiger partial charge in [-0.3, -0.25) is 9.59 Å². The minimum atomic E-state index is -2.28. The van der Waals surface area contributed by atoms with Crippen LogP contribution < -0.4 is 5.32 Å². The number of methoxy groups -OCH3 is 1. The van der Waals surface area contributed by atoms with Crippen LogP contribution in [0, 0.1) is 16.7 Å². The fourth-order valence-electron chi connectivity index (χ4n) is 10.6. The molecule has 1 saturated heterocycles. The average molecular weight is 895 g/mol. The molecule has 0 unspecified atom stereocenters. The van der Waals surface area contributed by atoms with Crippen LogP contribution in [-0.4, -0.2) is 120 Å². The first-order chi connectivity index (χ1) is 30.7. The number of aliphatic hydroxyl groups excluding tert-OH is 1. The van der Waals surface area contributed by atoms with Crippen molar-refractivity contribution < 1.29 is 62.6 Å². The van der Waals surface area contributed by atoms with E-state index in [0.29, 0.717) is 5.56 Å². The maximum absolute atomic E-state index is 16.0. The Labute approximate surface area is 378 Å². The monoisotopic (exact) mass is 894 g/mol. The number of amides is 2. The van der Waals surface area contributed by atoms with E-state index in [0.717, 1.165) is 4.90 Å². The fraction of sp³-hybridized carbons (Fsp3) is 0.460. The van der Waals surface area contributed by atoms with E-state index in [1.54, 1.807) is 126 Å². The van der Waals surface area contributed by atoms with Crippen molar-refractivity contribution in [1.29, 1.82) is 0 Å². The second kappa shape index (κ2) is 17.8. The SMILES string of the molecule is C=C(C)O[C@@]12CO[C@@H]1C[C@H](OC)[C@@]1(C)C(=O)[C@H](OC(=O)N(C)C)C3=C(C)[C@@H](OC(=O)[C@H](O)[C@@H](NC(=O)c4ccccc4)c4ccccc4)C[C@@](O)([C@@H](OC(=O)c4ccccc4)[C@H]21)C3(C)C. The molecule has 3 aliphatic carbocycles. The lowest BCUT2D eigenvalue weighted by Gasteiger charge is -2.68. The Morgan fingerprint density at radius 2 is 1.48 bits per heavy atom. The van der Waals surface area contributed by atoms with Crippen molar-refractivity contribution in [2.75, 3.05) is 27.8 Å². The zero-order valence-electron chi connectivity index (χ0n) is 37.9. The molecule has 0 aromatic heterocycles. The molecular weight excluding hydrogens is 837 g/mol. The van der Waals surface area contributed by atoms with Gasteiger partial charge in [0.15, 0.2) is 23.6 Å². The number of nitrogens with zero attached hydrogens (tertiary/aromatic N) is 1. The maximum atomic E-state index is 16.0. The summed E-state index contributed by atoms with van der Waals surface area (Å²) in [5.41, 5.74) is -5.92. The van der Waals surface area contributed by atoms with Gasteiger partial charge >= 0.3 is 18.0 Å². The molecule has 7 rings (SSSR count). The summed E-state index contributed by atoms with van der Waals surface area (Å²) < 4.78 is 37.9. The molecule has 2 amide bonds. The Bertz CT molecular complexity index is 2350. The smallest absolute Gasteiger partial charge is 0.410 e. The van der Waals surface area contributed by atoms with Crippen LogP contribution in [-0.2, 0) is 38.0 Å². The van der Waals surface area contributed by atoms with Gasteiger partial charge in [0.25, 0.3) is 5.91 Å². The van der Waals surface area contributed by atoms with Gasteiger partial charge in [-0.25, -0.2) is 14.4 Å². The molecule has 2 bridgehead atoms. The first-order valence-electron chi connectivity index (χ1n) is 21.6. The standard InChI is InChI=1S/C50H58N2O13/c1-28(2)65-49-27-61-35(49)25-34(60-9)48(6)40(49)42(64-44(56)32-23-17-12-18-24-32)50(59)26-33(29(3)36(47(50,4)5)39(41(48)54)63-46(58)52(7)8)62-45(57)38(53)37(30-19-13-10-14-20-30)51-43(55)31-21-15-11-16-22-31/h10-24,33-35,37-40,42,53,59H,1,25-27H2,2-9H3,(H,51,55)/t33-,34-,35+,37-,38+,39+,40-,42-,48+,49-,50+/m0/s1. The minimum Gasteiger partial charge on any atom is -0.487 e. The summed E-state index contributed by atoms with van der Waals surface area (Å²) in [6.45, 7) is 12.1. The lowest BCUT2D eigenvalue weighted by atomic mass is 9.44. The van der Waals surface area contributed by atoms with E-state index >= 15 is 4.79 Å². The molecule has 346 valence electrons. The number of esters is 2. The predicted molar refractivity (Wildman–Crippen MR) is 235 cm³/mol. The van der Waals surface area contributed by atoms with E-state index in [-0.39, 0.29) is 41.1 Å². The molecule has 1 aliphatic heterocycles. The zero-order valence-corrected chi connectivity index (χ0v) is 37.9. The van der Waals surface area contributed by atoms with Crippen LogP contribution in [0.25, 0.3) is 0 Å². The highest BCUT2D eigenvalue weighted by Gasteiger charge is 2.78. The Morgan fingerprint density at radius 1 is 0.892 bits per heavy atom. The molecule has 15 nitrogen and oxygen atoms in total. The van der Waals surface area contributed by atoms with Gasteiger partial charge in [-0.05, 0) is 61.7 Å². The quantitative estimate of drug-likeness (QED) is 0.0892. The second-order valence-corrected chi connectivity index (χ2v) is 18.4. The number of rotatable bonds is 12. The van der Waals surface area contributed by atoms with Crippen molar-refractivity contribution >= 4 is 29.7 Å². The number of aliphatic hydroxyl groups is 2. The van der Waals surface area contributed by atoms with E-state index in [1.807, 2.05) is 0 Å². The Morgan fingerprint density at radius 3 is 2.02 bits per heavy atom. The van der Waals surface area contributed by atoms with E-state index in [2.05, 4.69) is 11.9 Å². The van der Waals surface area contributed by atoms with Crippen molar-refractivity contribution in [3.8, 4) is 0 Å². The third kappa shape index (κ3) is 8.02. The minimum absolute atomic E-state index is 0.0906. The van der Waals surface area contributed by atoms with Crippen LogP contribution in [0.1, 0.15) is 79.8 Å². The number of ether oxygens (including phenoxy) is 6. The fourth-order valence-corrected chi connectivity index (χ4v) is 10.6. The zero-order chi connectivity index (χ0) is 47.2. The first-order valence-corrected chi connectivity index (χ1v) is 21.6. The van der Waals surface area contributed by atoms with Crippen LogP contribution in [0.15, 0.2) is 114 Å². The normalized spacial score (nSPS) is 30.9. The van der Waals surface area contributed by atoms with E-state index < -0.39 is 107 Å². The largest absolute Gasteiger partial charge is 0.487 e. The second-order valence-electron chi connectivity index (χ2n) is 18.4. The van der Waals surface area contributed by atoms with Gasteiger partial charge in [0.05, 0.1) is 41.4 Å². The molecule has 0 radical (unpaired) electrons. The number of hydrogen-bond donors (Lipinski definition) is 3. The number of hydrogen-bond acceptors (Lipinski definition) is 13. The van der Waals surface area contributed by atoms with Gasteiger partial charge in [0.1, 0.15) is 23.9 Å². The Kier molecular flexibility index (Phi) is 12.9. The highest BCUT2D eigenvalue weighted by molar-refractivity contribution is 5.96. The summed E-state index contributed by atoms with van der Waals surface area (Å²) in [5, 5.41) is 28.6. The van der Waals surface area contributed by atoms with Gasteiger partial charge < -0.3 is 48.9 Å². The van der Waals surface area contributed by atoms with Crippen molar-refractivity contribution in [2.45, 2.75) is 101 Å². The molecule has 3 N–H and O–H groups in total. The van der Waals surface area contributed by atoms with Gasteiger partial charge in [-0.1, -0.05) is 87.2 Å². The number of fused-ring (bicyclic) bond motifs is 5. The Hall–Kier alpha value is -5.87. The number of carbonyl (C=O) groups is 5. The molecule has 3 fully saturated rings. The third-order valence-corrected chi connectivity index (χ3v) is 14.1. The van der Waals surface area contributed by atoms with Gasteiger partial charge in [0.2, 0.25) is 0 Å². The summed E-state index contributed by atoms with van der Waals surface area (Å²) in [4.78, 5) is 73.4. The maximum Gasteiger partial charge on any atom is 0.410 e. The van der Waals surface area contributed by atoms with Crippen LogP contribution in [0.4, 0.5) is 4.79 Å². The van der Waals surface area contributed by atoms with Gasteiger partial charge in [-0.2, -0.15) is 0 Å². The number of Topliss-reactive ketones (excluding diaryl/α,β-unsaturated/α-hetero) is 1. The van der Waals surface area contributed by atoms with Crippen molar-refractivity contribution in [3.05, 3.63) is 131 Å². The molecule has 11 atom stereocenters. The molecule has 3 aromatic rings. The number of benzene rings is 3. The summed E-state index contributed by atoms with van der Waals surface area (Å²) in [7, 11) is 4.35. The van der Waals surface area contributed by atoms with Crippen LogP contribution in [0.3, 0.4) is 0 Å². The predicted octanol–water partition coefficient (Wildman–Crippen LogP) is 5.51. The number of carbonyl (C=O) groups excluding carboxylic acids is 5. The number of nitrogens with one attached hydrogen (secondary N) is 1. The third-order valence-electron chi connectivity index (χ3n) is 14.1. The highest BCUT2D eigenvalue weighted by Crippen LogP contribution is 2.65. The topological polar surface area (TPSA) is 196 Å². The van der Waals surface area contributed by atoms with Crippen molar-refractivity contribution in [2.24, 2.45) is 16.7 Å². The van der Waals surface area contributed by atoms with Crippen LogP contribution in [0.2, 0.25) is 0 Å². The highest BCUT2D eigenvalue weighted by atomic mass is 16.6. The Balaban J connectivity index is 1.42. The van der Waals surface area contributed by atoms with E-state index in [4.69, 9.17) is 28.4 Å². The lowest BCUT2D eigenvalue weighted by Crippen LogP contribution is -2.81. The molecule has 2 saturated carbocycles. The molecular formula is C50H58N2O13. The number of allylic oxidation sites excluding steroid dienone is 1. The molecule has 4 aliphatic rings. The summed E-state index contributed by atoms with van der Waals surface area (Å²) in [6.07, 6.45) is -9.71. The van der Waals surface area contributed by atoms with Gasteiger partial charge in [-0.15, -0.1) is 0 Å². The molecule has 65 heavy (non-hydrogen) atoms. The molecule has 3 aromatic carbocycles. The van der Waals surface area contributed by atoms with E-state index in [9.17, 15) is 29.4 Å². The van der Waals surface area contributed by atoms with Gasteiger partial charge in [0, 0.05) is 45.0 Å².